The molecule has 0 aromatic heterocycles. The summed E-state index contributed by atoms with van der Waals surface area (Å²) in [6.07, 6.45) is -0.585. The Hall–Kier alpha value is -2.85. The van der Waals surface area contributed by atoms with Gasteiger partial charge in [0.15, 0.2) is 11.7 Å². The Kier molecular flexibility index (Phi) is 7.59. The van der Waals surface area contributed by atoms with E-state index < -0.39 is 35.4 Å². The minimum atomic E-state index is -1.89. The van der Waals surface area contributed by atoms with Crippen molar-refractivity contribution < 1.29 is 33.8 Å². The molecule has 1 aliphatic heterocycles. The quantitative estimate of drug-likeness (QED) is 0.334. The number of aliphatic hydroxyl groups is 1. The highest BCUT2D eigenvalue weighted by atomic mass is 32.2. The van der Waals surface area contributed by atoms with Crippen molar-refractivity contribution in [3.05, 3.63) is 43.0 Å². The number of β-lactam (4-membered cyclic amide) rings is 1. The van der Waals surface area contributed by atoms with Gasteiger partial charge in [0.05, 0.1) is 0 Å². The molecule has 3 atom stereocenters. The monoisotopic (exact) mass is 408 g/mol. The van der Waals surface area contributed by atoms with E-state index in [0.29, 0.717) is 17.5 Å². The standard InChI is InChI=1S/C18H20N2O7S/c1-3-9-26-18(25)16(24)20-15(23)14(17(20)28-11(2)21)19-13(22)10-27-12-7-5-4-6-8-12/h3-8,14,16-17,24H,1,9-10H2,2H3,(H,19,22). The van der Waals surface area contributed by atoms with Crippen molar-refractivity contribution >= 4 is 34.7 Å². The molecule has 2 amide bonds. The van der Waals surface area contributed by atoms with E-state index in [4.69, 9.17) is 9.47 Å². The highest BCUT2D eigenvalue weighted by molar-refractivity contribution is 8.14. The van der Waals surface area contributed by atoms with Gasteiger partial charge < -0.3 is 19.9 Å². The number of carbonyl (C=O) groups excluding carboxylic acids is 4. The predicted octanol–water partition coefficient (Wildman–Crippen LogP) is 0.0458. The van der Waals surface area contributed by atoms with E-state index in [2.05, 4.69) is 11.9 Å². The van der Waals surface area contributed by atoms with Gasteiger partial charge in [-0.3, -0.25) is 19.3 Å². The number of aliphatic hydroxyl groups excluding tert-OH is 1. The van der Waals surface area contributed by atoms with E-state index in [-0.39, 0.29) is 18.3 Å². The lowest BCUT2D eigenvalue weighted by atomic mass is 10.1. The van der Waals surface area contributed by atoms with Crippen LogP contribution in [0.4, 0.5) is 0 Å². The van der Waals surface area contributed by atoms with Gasteiger partial charge in [-0.15, -0.1) is 0 Å². The lowest BCUT2D eigenvalue weighted by Gasteiger charge is -2.47. The molecule has 1 aliphatic rings. The minimum Gasteiger partial charge on any atom is -0.484 e. The molecule has 0 spiro atoms. The van der Waals surface area contributed by atoms with Crippen molar-refractivity contribution in [3.8, 4) is 5.75 Å². The summed E-state index contributed by atoms with van der Waals surface area (Å²) in [7, 11) is 0. The maximum Gasteiger partial charge on any atom is 0.356 e. The largest absolute Gasteiger partial charge is 0.484 e. The summed E-state index contributed by atoms with van der Waals surface area (Å²) in [4.78, 5) is 48.5. The van der Waals surface area contributed by atoms with E-state index in [0.717, 1.165) is 4.90 Å². The molecule has 0 bridgehead atoms. The fourth-order valence-corrected chi connectivity index (χ4v) is 3.38. The second-order valence-electron chi connectivity index (χ2n) is 5.68. The zero-order valence-electron chi connectivity index (χ0n) is 15.1. The SMILES string of the molecule is C=CCOC(=O)C(O)N1C(=O)C(NC(=O)COc2ccccc2)C1SC(C)=O. The van der Waals surface area contributed by atoms with Crippen LogP contribution in [-0.2, 0) is 23.9 Å². The summed E-state index contributed by atoms with van der Waals surface area (Å²) < 4.78 is 10.0. The molecule has 0 radical (unpaired) electrons. The Morgan fingerprint density at radius 2 is 2.04 bits per heavy atom. The minimum absolute atomic E-state index is 0.139. The van der Waals surface area contributed by atoms with Crippen LogP contribution in [-0.4, -0.2) is 63.8 Å². The average Bonchev–Trinajstić information content (AvgIpc) is 2.68. The Labute approximate surface area is 165 Å². The second-order valence-corrected chi connectivity index (χ2v) is 6.98. The number of esters is 1. The third-order valence-corrected chi connectivity index (χ3v) is 4.69. The number of hydrogen-bond donors (Lipinski definition) is 2. The van der Waals surface area contributed by atoms with Crippen LogP contribution < -0.4 is 10.1 Å². The van der Waals surface area contributed by atoms with Crippen LogP contribution in [0.15, 0.2) is 43.0 Å². The topological polar surface area (TPSA) is 122 Å². The van der Waals surface area contributed by atoms with Gasteiger partial charge in [-0.2, -0.15) is 0 Å². The molecule has 28 heavy (non-hydrogen) atoms. The van der Waals surface area contributed by atoms with Gasteiger partial charge in [0.25, 0.3) is 11.8 Å². The van der Waals surface area contributed by atoms with Crippen molar-refractivity contribution in [1.82, 2.24) is 10.2 Å². The van der Waals surface area contributed by atoms with Crippen molar-refractivity contribution in [2.45, 2.75) is 24.6 Å². The number of likely N-dealkylation sites (tertiary alicyclic amines) is 1. The number of hydrogen-bond acceptors (Lipinski definition) is 8. The first kappa shape index (κ1) is 21.5. The Morgan fingerprint density at radius 1 is 1.36 bits per heavy atom. The number of para-hydroxylation sites is 1. The molecular formula is C18H20N2O7S. The Bertz CT molecular complexity index is 756. The first-order chi connectivity index (χ1) is 13.3. The third-order valence-electron chi connectivity index (χ3n) is 3.61. The summed E-state index contributed by atoms with van der Waals surface area (Å²) in [6, 6.07) is 7.54. The lowest BCUT2D eigenvalue weighted by molar-refractivity contribution is -0.181. The number of nitrogens with zero attached hydrogens (tertiary/aromatic N) is 1. The van der Waals surface area contributed by atoms with Gasteiger partial charge in [0, 0.05) is 6.92 Å². The zero-order valence-corrected chi connectivity index (χ0v) is 15.9. The van der Waals surface area contributed by atoms with E-state index in [1.165, 1.54) is 13.0 Å². The van der Waals surface area contributed by atoms with Gasteiger partial charge in [0.1, 0.15) is 23.8 Å². The van der Waals surface area contributed by atoms with Crippen LogP contribution in [0.3, 0.4) is 0 Å². The zero-order chi connectivity index (χ0) is 20.7. The maximum absolute atomic E-state index is 12.3. The number of ether oxygens (including phenoxy) is 2. The molecule has 1 heterocycles. The van der Waals surface area contributed by atoms with Gasteiger partial charge in [-0.25, -0.2) is 4.79 Å². The van der Waals surface area contributed by atoms with Crippen LogP contribution >= 0.6 is 11.8 Å². The number of benzene rings is 1. The molecule has 1 aromatic carbocycles. The number of thioether (sulfide) groups is 1. The maximum atomic E-state index is 12.3. The summed E-state index contributed by atoms with van der Waals surface area (Å²) in [6.45, 7) is 4.17. The number of rotatable bonds is 9. The molecule has 1 aromatic rings. The Morgan fingerprint density at radius 3 is 2.64 bits per heavy atom. The van der Waals surface area contributed by atoms with Gasteiger partial charge in [-0.05, 0) is 12.1 Å². The van der Waals surface area contributed by atoms with Crippen molar-refractivity contribution in [2.24, 2.45) is 0 Å². The highest BCUT2D eigenvalue weighted by Gasteiger charge is 2.54. The molecule has 0 aliphatic carbocycles. The second kappa shape index (κ2) is 9.90. The Balaban J connectivity index is 1.98. The molecule has 9 nitrogen and oxygen atoms in total. The number of nitrogens with one attached hydrogen (secondary N) is 1. The molecule has 2 rings (SSSR count). The van der Waals surface area contributed by atoms with E-state index in [1.807, 2.05) is 0 Å². The molecule has 0 saturated carbocycles. The van der Waals surface area contributed by atoms with Crippen LogP contribution in [0.1, 0.15) is 6.92 Å². The fourth-order valence-electron chi connectivity index (χ4n) is 2.38. The van der Waals surface area contributed by atoms with E-state index in [9.17, 15) is 24.3 Å². The number of amides is 2. The smallest absolute Gasteiger partial charge is 0.356 e. The van der Waals surface area contributed by atoms with Crippen molar-refractivity contribution in [2.75, 3.05) is 13.2 Å². The normalized spacial score (nSPS) is 19.2. The van der Waals surface area contributed by atoms with E-state index >= 15 is 0 Å². The molecule has 10 heteroatoms. The van der Waals surface area contributed by atoms with Crippen LogP contribution in [0.2, 0.25) is 0 Å². The van der Waals surface area contributed by atoms with Crippen LogP contribution in [0.25, 0.3) is 0 Å². The van der Waals surface area contributed by atoms with Crippen molar-refractivity contribution in [1.29, 1.82) is 0 Å². The first-order valence-electron chi connectivity index (χ1n) is 8.27. The van der Waals surface area contributed by atoms with Gasteiger partial charge in [0.2, 0.25) is 6.23 Å². The molecule has 150 valence electrons. The molecule has 3 unspecified atom stereocenters. The summed E-state index contributed by atoms with van der Waals surface area (Å²) in [5.41, 5.74) is 0. The molecule has 1 saturated heterocycles. The predicted molar refractivity (Wildman–Crippen MR) is 99.9 cm³/mol. The van der Waals surface area contributed by atoms with Crippen LogP contribution in [0, 0.1) is 0 Å². The summed E-state index contributed by atoms with van der Waals surface area (Å²) >= 11 is 0.710. The molecular weight excluding hydrogens is 388 g/mol. The van der Waals surface area contributed by atoms with Crippen LogP contribution in [0.5, 0.6) is 5.75 Å². The molecule has 2 N–H and O–H groups in total. The highest BCUT2D eigenvalue weighted by Crippen LogP contribution is 2.32. The fraction of sp³-hybridized carbons (Fsp3) is 0.333. The summed E-state index contributed by atoms with van der Waals surface area (Å²) in [5.74, 6) is -1.87. The summed E-state index contributed by atoms with van der Waals surface area (Å²) in [5, 5.41) is 11.2. The van der Waals surface area contributed by atoms with Crippen molar-refractivity contribution in [3.63, 3.8) is 0 Å². The first-order valence-corrected chi connectivity index (χ1v) is 9.15. The number of carbonyl (C=O) groups is 4. The van der Waals surface area contributed by atoms with E-state index in [1.54, 1.807) is 30.3 Å². The lowest BCUT2D eigenvalue weighted by Crippen LogP contribution is -2.73. The third kappa shape index (κ3) is 5.33. The average molecular weight is 408 g/mol. The van der Waals surface area contributed by atoms with Gasteiger partial charge >= 0.3 is 5.97 Å². The van der Waals surface area contributed by atoms with Gasteiger partial charge in [-0.1, -0.05) is 42.6 Å². The molecule has 1 fully saturated rings.